The number of halogens is 2. The molecule has 2 atom stereocenters. The summed E-state index contributed by atoms with van der Waals surface area (Å²) in [6.07, 6.45) is -0.163. The van der Waals surface area contributed by atoms with Gasteiger partial charge in [-0.2, -0.15) is 0 Å². The van der Waals surface area contributed by atoms with Gasteiger partial charge in [0.25, 0.3) is 5.91 Å². The number of methoxy groups -OCH3 is 1. The van der Waals surface area contributed by atoms with Crippen LogP contribution in [0.15, 0.2) is 42.5 Å². The summed E-state index contributed by atoms with van der Waals surface area (Å²) in [6, 6.07) is 12.3. The minimum atomic E-state index is -0.663. The molecule has 0 radical (unpaired) electrons. The molecule has 0 bridgehead atoms. The number of carbonyl (C=O) groups is 1. The maximum Gasteiger partial charge on any atom is 0.261 e. The Morgan fingerprint density at radius 1 is 1.20 bits per heavy atom. The zero-order valence-corrected chi connectivity index (χ0v) is 15.9. The van der Waals surface area contributed by atoms with Crippen LogP contribution in [0.5, 0.6) is 11.5 Å². The monoisotopic (exact) mass is 381 g/mol. The molecule has 0 aromatic heterocycles. The summed E-state index contributed by atoms with van der Waals surface area (Å²) in [4.78, 5) is 12.6. The molecule has 1 N–H and O–H groups in total. The highest BCUT2D eigenvalue weighted by atomic mass is 35.5. The Morgan fingerprint density at radius 2 is 1.96 bits per heavy atom. The quantitative estimate of drug-likeness (QED) is 0.730. The van der Waals surface area contributed by atoms with Crippen LogP contribution in [0.2, 0.25) is 10.0 Å². The lowest BCUT2D eigenvalue weighted by atomic mass is 10.1. The lowest BCUT2D eigenvalue weighted by Gasteiger charge is -2.21. The van der Waals surface area contributed by atoms with Crippen LogP contribution in [0.3, 0.4) is 0 Å². The third-order valence-corrected chi connectivity index (χ3v) is 4.33. The summed E-state index contributed by atoms with van der Waals surface area (Å²) >= 11 is 12.1. The number of carbonyl (C=O) groups excluding carboxylic acids is 1. The van der Waals surface area contributed by atoms with Crippen LogP contribution in [-0.2, 0) is 4.79 Å². The molecule has 2 rings (SSSR count). The van der Waals surface area contributed by atoms with Crippen molar-refractivity contribution in [3.63, 3.8) is 0 Å². The van der Waals surface area contributed by atoms with Crippen LogP contribution in [0, 0.1) is 0 Å². The molecular formula is C19H21Cl2NO3. The summed E-state index contributed by atoms with van der Waals surface area (Å²) < 4.78 is 11.0. The van der Waals surface area contributed by atoms with E-state index in [-0.39, 0.29) is 11.9 Å². The maximum atomic E-state index is 12.6. The average molecular weight is 382 g/mol. The van der Waals surface area contributed by atoms with Gasteiger partial charge in [0.05, 0.1) is 18.2 Å². The normalized spacial score (nSPS) is 13.0. The highest BCUT2D eigenvalue weighted by Crippen LogP contribution is 2.29. The van der Waals surface area contributed by atoms with E-state index in [4.69, 9.17) is 32.7 Å². The van der Waals surface area contributed by atoms with Crippen LogP contribution in [-0.4, -0.2) is 19.1 Å². The van der Waals surface area contributed by atoms with E-state index in [9.17, 15) is 4.79 Å². The largest absolute Gasteiger partial charge is 0.497 e. The Bertz CT molecular complexity index is 736. The number of nitrogens with one attached hydrogen (secondary N) is 1. The average Bonchev–Trinajstić information content (AvgIpc) is 2.62. The lowest BCUT2D eigenvalue weighted by molar-refractivity contribution is -0.128. The highest BCUT2D eigenvalue weighted by molar-refractivity contribution is 6.34. The standard InChI is InChI=1S/C19H21Cl2NO3/c1-4-17(25-18-11-14(20)8-9-16(18)21)19(23)22-12(2)13-6-5-7-15(10-13)24-3/h5-12,17H,4H2,1-3H3,(H,22,23). The van der Waals surface area contributed by atoms with Crippen LogP contribution < -0.4 is 14.8 Å². The van der Waals surface area contributed by atoms with Gasteiger partial charge in [0.1, 0.15) is 11.5 Å². The van der Waals surface area contributed by atoms with Crippen molar-refractivity contribution in [1.82, 2.24) is 5.32 Å². The molecule has 0 aliphatic heterocycles. The molecule has 2 unspecified atom stereocenters. The van der Waals surface area contributed by atoms with Crippen molar-refractivity contribution < 1.29 is 14.3 Å². The molecule has 6 heteroatoms. The first-order valence-corrected chi connectivity index (χ1v) is 8.76. The molecule has 2 aromatic carbocycles. The van der Waals surface area contributed by atoms with E-state index in [2.05, 4.69) is 5.32 Å². The second kappa shape index (κ2) is 8.97. The van der Waals surface area contributed by atoms with Gasteiger partial charge in [0, 0.05) is 11.1 Å². The van der Waals surface area contributed by atoms with Gasteiger partial charge in [0.15, 0.2) is 6.10 Å². The third-order valence-electron chi connectivity index (χ3n) is 3.78. The van der Waals surface area contributed by atoms with E-state index >= 15 is 0 Å². The van der Waals surface area contributed by atoms with E-state index in [1.807, 2.05) is 38.1 Å². The maximum absolute atomic E-state index is 12.6. The van der Waals surface area contributed by atoms with Crippen molar-refractivity contribution in [2.75, 3.05) is 7.11 Å². The van der Waals surface area contributed by atoms with Gasteiger partial charge < -0.3 is 14.8 Å². The first-order valence-electron chi connectivity index (χ1n) is 8.00. The fraction of sp³-hybridized carbons (Fsp3) is 0.316. The van der Waals surface area contributed by atoms with E-state index in [1.165, 1.54) is 0 Å². The Hall–Kier alpha value is -1.91. The number of ether oxygens (including phenoxy) is 2. The molecule has 134 valence electrons. The first-order chi connectivity index (χ1) is 11.9. The zero-order chi connectivity index (χ0) is 18.4. The molecule has 0 saturated heterocycles. The number of amides is 1. The van der Waals surface area contributed by atoms with Crippen LogP contribution in [0.4, 0.5) is 0 Å². The van der Waals surface area contributed by atoms with Gasteiger partial charge in [-0.15, -0.1) is 0 Å². The fourth-order valence-corrected chi connectivity index (χ4v) is 2.67. The van der Waals surface area contributed by atoms with Gasteiger partial charge in [-0.05, 0) is 43.2 Å². The van der Waals surface area contributed by atoms with Crippen LogP contribution in [0.25, 0.3) is 0 Å². The summed E-state index contributed by atoms with van der Waals surface area (Å²) in [5.41, 5.74) is 0.948. The van der Waals surface area contributed by atoms with Gasteiger partial charge >= 0.3 is 0 Å². The zero-order valence-electron chi connectivity index (χ0n) is 14.4. The van der Waals surface area contributed by atoms with E-state index in [1.54, 1.807) is 25.3 Å². The Morgan fingerprint density at radius 3 is 2.64 bits per heavy atom. The van der Waals surface area contributed by atoms with E-state index in [0.717, 1.165) is 11.3 Å². The third kappa shape index (κ3) is 5.28. The van der Waals surface area contributed by atoms with Crippen LogP contribution >= 0.6 is 23.2 Å². The van der Waals surface area contributed by atoms with Crippen molar-refractivity contribution in [3.05, 3.63) is 58.1 Å². The summed E-state index contributed by atoms with van der Waals surface area (Å²) in [5, 5.41) is 3.87. The number of hydrogen-bond donors (Lipinski definition) is 1. The molecule has 4 nitrogen and oxygen atoms in total. The molecular weight excluding hydrogens is 361 g/mol. The van der Waals surface area contributed by atoms with Gasteiger partial charge in [-0.1, -0.05) is 42.3 Å². The van der Waals surface area contributed by atoms with E-state index in [0.29, 0.717) is 22.2 Å². The number of hydrogen-bond acceptors (Lipinski definition) is 3. The molecule has 0 fully saturated rings. The minimum absolute atomic E-state index is 0.185. The topological polar surface area (TPSA) is 47.6 Å². The van der Waals surface area contributed by atoms with E-state index < -0.39 is 6.10 Å². The predicted octanol–water partition coefficient (Wildman–Crippen LogP) is 5.04. The second-order valence-corrected chi connectivity index (χ2v) is 6.44. The van der Waals surface area contributed by atoms with Crippen molar-refractivity contribution >= 4 is 29.1 Å². The summed E-state index contributed by atoms with van der Waals surface area (Å²) in [7, 11) is 1.61. The van der Waals surface area contributed by atoms with Gasteiger partial charge in [0.2, 0.25) is 0 Å². The predicted molar refractivity (Wildman–Crippen MR) is 101 cm³/mol. The van der Waals surface area contributed by atoms with Crippen molar-refractivity contribution in [3.8, 4) is 11.5 Å². The molecule has 0 spiro atoms. The van der Waals surface area contributed by atoms with Crippen molar-refractivity contribution in [2.45, 2.75) is 32.4 Å². The minimum Gasteiger partial charge on any atom is -0.497 e. The number of benzene rings is 2. The van der Waals surface area contributed by atoms with Crippen molar-refractivity contribution in [1.29, 1.82) is 0 Å². The molecule has 0 saturated carbocycles. The molecule has 0 aliphatic carbocycles. The smallest absolute Gasteiger partial charge is 0.261 e. The Labute approximate surface area is 158 Å². The number of rotatable bonds is 7. The van der Waals surface area contributed by atoms with Gasteiger partial charge in [-0.25, -0.2) is 0 Å². The summed E-state index contributed by atoms with van der Waals surface area (Å²) in [6.45, 7) is 3.78. The molecule has 0 aliphatic rings. The van der Waals surface area contributed by atoms with Crippen molar-refractivity contribution in [2.24, 2.45) is 0 Å². The molecule has 1 amide bonds. The van der Waals surface area contributed by atoms with Crippen LogP contribution in [0.1, 0.15) is 31.9 Å². The molecule has 0 heterocycles. The molecule has 25 heavy (non-hydrogen) atoms. The lowest BCUT2D eigenvalue weighted by Crippen LogP contribution is -2.39. The second-order valence-electron chi connectivity index (χ2n) is 5.60. The Balaban J connectivity index is 2.07. The highest BCUT2D eigenvalue weighted by Gasteiger charge is 2.22. The SMILES string of the molecule is CCC(Oc1cc(Cl)ccc1Cl)C(=O)NC(C)c1cccc(OC)c1. The van der Waals surface area contributed by atoms with Gasteiger partial charge in [-0.3, -0.25) is 4.79 Å². The molecule has 2 aromatic rings. The summed E-state index contributed by atoms with van der Waals surface area (Å²) in [5.74, 6) is 0.923. The first kappa shape index (κ1) is 19.4. The Kier molecular flexibility index (Phi) is 6.97. The fourth-order valence-electron chi connectivity index (χ4n) is 2.34.